The van der Waals surface area contributed by atoms with Crippen LogP contribution in [0.3, 0.4) is 0 Å². The van der Waals surface area contributed by atoms with E-state index in [9.17, 15) is 4.79 Å². The predicted molar refractivity (Wildman–Crippen MR) is 56.0 cm³/mol. The molecule has 0 aliphatic rings. The molecular weight excluding hydrogens is 178 g/mol. The number of carbonyl (C=O) groups excluding carboxylic acids is 1. The summed E-state index contributed by atoms with van der Waals surface area (Å²) in [6.07, 6.45) is 1.47. The first-order valence-electron chi connectivity index (χ1n) is 4.34. The van der Waals surface area contributed by atoms with Crippen LogP contribution < -0.4 is 11.2 Å². The van der Waals surface area contributed by atoms with Gasteiger partial charge in [0.05, 0.1) is 0 Å². The van der Waals surface area contributed by atoms with E-state index in [4.69, 9.17) is 5.73 Å². The summed E-state index contributed by atoms with van der Waals surface area (Å²) in [7, 11) is 0. The monoisotopic (exact) mass is 191 g/mol. The van der Waals surface area contributed by atoms with Crippen molar-refractivity contribution in [3.63, 3.8) is 0 Å². The third-order valence-corrected chi connectivity index (χ3v) is 1.51. The van der Waals surface area contributed by atoms with Crippen molar-refractivity contribution >= 4 is 12.1 Å². The van der Waals surface area contributed by atoms with Crippen LogP contribution in [0.5, 0.6) is 0 Å². The Labute approximate surface area is 82.8 Å². The zero-order valence-corrected chi connectivity index (χ0v) is 7.97. The van der Waals surface area contributed by atoms with E-state index in [1.165, 1.54) is 6.21 Å². The Kier molecular flexibility index (Phi) is 3.82. The molecule has 1 aromatic carbocycles. The molecule has 1 amide bonds. The minimum absolute atomic E-state index is 0.161. The molecule has 1 aromatic rings. The third-order valence-electron chi connectivity index (χ3n) is 1.51. The van der Waals surface area contributed by atoms with Crippen LogP contribution in [0.1, 0.15) is 17.3 Å². The summed E-state index contributed by atoms with van der Waals surface area (Å²) < 4.78 is 0. The molecule has 0 saturated carbocycles. The molecule has 0 radical (unpaired) electrons. The van der Waals surface area contributed by atoms with Crippen molar-refractivity contribution in [3.8, 4) is 0 Å². The lowest BCUT2D eigenvalue weighted by Gasteiger charge is -1.99. The zero-order valence-electron chi connectivity index (χ0n) is 7.97. The van der Waals surface area contributed by atoms with Gasteiger partial charge < -0.3 is 5.73 Å². The summed E-state index contributed by atoms with van der Waals surface area (Å²) >= 11 is 0. The third kappa shape index (κ3) is 3.37. The molecule has 0 aliphatic carbocycles. The van der Waals surface area contributed by atoms with Crippen molar-refractivity contribution in [2.75, 3.05) is 0 Å². The number of rotatable bonds is 3. The molecule has 0 saturated heterocycles. The SMILES string of the molecule is CC(N)/C=N/NC(=O)c1ccccc1. The van der Waals surface area contributed by atoms with E-state index in [0.29, 0.717) is 5.56 Å². The number of benzene rings is 1. The number of nitrogens with zero attached hydrogens (tertiary/aromatic N) is 1. The number of nitrogens with one attached hydrogen (secondary N) is 1. The maximum atomic E-state index is 11.4. The van der Waals surface area contributed by atoms with Gasteiger partial charge in [-0.3, -0.25) is 4.79 Å². The minimum Gasteiger partial charge on any atom is -0.323 e. The molecule has 1 unspecified atom stereocenters. The van der Waals surface area contributed by atoms with Crippen molar-refractivity contribution in [1.29, 1.82) is 0 Å². The molecule has 0 bridgehead atoms. The van der Waals surface area contributed by atoms with Gasteiger partial charge in [-0.15, -0.1) is 0 Å². The van der Waals surface area contributed by atoms with E-state index in [0.717, 1.165) is 0 Å². The number of amides is 1. The van der Waals surface area contributed by atoms with Crippen LogP contribution in [-0.4, -0.2) is 18.2 Å². The van der Waals surface area contributed by atoms with Crippen LogP contribution >= 0.6 is 0 Å². The average Bonchev–Trinajstić information content (AvgIpc) is 2.18. The lowest BCUT2D eigenvalue weighted by molar-refractivity contribution is 0.0955. The lowest BCUT2D eigenvalue weighted by Crippen LogP contribution is -2.22. The van der Waals surface area contributed by atoms with Gasteiger partial charge in [-0.1, -0.05) is 18.2 Å². The Morgan fingerprint density at radius 1 is 1.50 bits per heavy atom. The Hall–Kier alpha value is -1.68. The second-order valence-electron chi connectivity index (χ2n) is 2.94. The van der Waals surface area contributed by atoms with Gasteiger partial charge in [0, 0.05) is 17.8 Å². The molecule has 3 N–H and O–H groups in total. The number of carbonyl (C=O) groups is 1. The van der Waals surface area contributed by atoms with Crippen LogP contribution in [-0.2, 0) is 0 Å². The Morgan fingerprint density at radius 2 is 2.14 bits per heavy atom. The van der Waals surface area contributed by atoms with E-state index >= 15 is 0 Å². The van der Waals surface area contributed by atoms with E-state index in [1.54, 1.807) is 31.2 Å². The predicted octanol–water partition coefficient (Wildman–Crippen LogP) is 0.749. The molecule has 74 valence electrons. The van der Waals surface area contributed by atoms with Crippen LogP contribution in [0.2, 0.25) is 0 Å². The highest BCUT2D eigenvalue weighted by Gasteiger charge is 2.01. The number of hydrogen-bond acceptors (Lipinski definition) is 3. The first-order valence-corrected chi connectivity index (χ1v) is 4.34. The molecule has 4 heteroatoms. The summed E-state index contributed by atoms with van der Waals surface area (Å²) in [6, 6.07) is 8.72. The van der Waals surface area contributed by atoms with Crippen LogP contribution in [0, 0.1) is 0 Å². The van der Waals surface area contributed by atoms with Gasteiger partial charge in [-0.05, 0) is 19.1 Å². The average molecular weight is 191 g/mol. The van der Waals surface area contributed by atoms with E-state index < -0.39 is 0 Å². The fourth-order valence-corrected chi connectivity index (χ4v) is 0.868. The topological polar surface area (TPSA) is 67.5 Å². The van der Waals surface area contributed by atoms with Crippen LogP contribution in [0.4, 0.5) is 0 Å². The van der Waals surface area contributed by atoms with Crippen molar-refractivity contribution < 1.29 is 4.79 Å². The van der Waals surface area contributed by atoms with Gasteiger partial charge in [-0.2, -0.15) is 5.10 Å². The molecular formula is C10H13N3O. The molecule has 4 nitrogen and oxygen atoms in total. The molecule has 0 aliphatic heterocycles. The lowest BCUT2D eigenvalue weighted by atomic mass is 10.2. The van der Waals surface area contributed by atoms with Crippen molar-refractivity contribution in [2.24, 2.45) is 10.8 Å². The minimum atomic E-state index is -0.234. The van der Waals surface area contributed by atoms with Gasteiger partial charge in [0.1, 0.15) is 0 Å². The van der Waals surface area contributed by atoms with Crippen molar-refractivity contribution in [1.82, 2.24) is 5.43 Å². The standard InChI is InChI=1S/C10H13N3O/c1-8(11)7-12-13-10(14)9-5-3-2-4-6-9/h2-8H,11H2,1H3,(H,13,14)/b12-7+. The molecule has 1 atom stereocenters. The fourth-order valence-electron chi connectivity index (χ4n) is 0.868. The Balaban J connectivity index is 2.52. The van der Waals surface area contributed by atoms with Crippen LogP contribution in [0.25, 0.3) is 0 Å². The quantitative estimate of drug-likeness (QED) is 0.547. The highest BCUT2D eigenvalue weighted by atomic mass is 16.2. The normalized spacial score (nSPS) is 12.7. The van der Waals surface area contributed by atoms with Gasteiger partial charge >= 0.3 is 0 Å². The summed E-state index contributed by atoms with van der Waals surface area (Å²) in [4.78, 5) is 11.4. The van der Waals surface area contributed by atoms with E-state index in [-0.39, 0.29) is 11.9 Å². The smallest absolute Gasteiger partial charge is 0.271 e. The van der Waals surface area contributed by atoms with E-state index in [1.807, 2.05) is 6.07 Å². The highest BCUT2D eigenvalue weighted by Crippen LogP contribution is 1.97. The molecule has 0 aromatic heterocycles. The molecule has 1 rings (SSSR count). The van der Waals surface area contributed by atoms with Crippen LogP contribution in [0.15, 0.2) is 35.4 Å². The number of hydrazone groups is 1. The maximum Gasteiger partial charge on any atom is 0.271 e. The summed E-state index contributed by atoms with van der Waals surface area (Å²) in [5.74, 6) is -0.234. The Morgan fingerprint density at radius 3 is 2.71 bits per heavy atom. The largest absolute Gasteiger partial charge is 0.323 e. The van der Waals surface area contributed by atoms with Crippen molar-refractivity contribution in [2.45, 2.75) is 13.0 Å². The van der Waals surface area contributed by atoms with Gasteiger partial charge in [0.15, 0.2) is 0 Å². The zero-order chi connectivity index (χ0) is 10.4. The summed E-state index contributed by atoms with van der Waals surface area (Å²) in [5.41, 5.74) is 8.38. The molecule has 0 fully saturated rings. The highest BCUT2D eigenvalue weighted by molar-refractivity contribution is 5.94. The second kappa shape index (κ2) is 5.14. The second-order valence-corrected chi connectivity index (χ2v) is 2.94. The first kappa shape index (κ1) is 10.4. The maximum absolute atomic E-state index is 11.4. The van der Waals surface area contributed by atoms with Gasteiger partial charge in [-0.25, -0.2) is 5.43 Å². The molecule has 0 spiro atoms. The van der Waals surface area contributed by atoms with Gasteiger partial charge in [0.25, 0.3) is 5.91 Å². The van der Waals surface area contributed by atoms with Crippen molar-refractivity contribution in [3.05, 3.63) is 35.9 Å². The van der Waals surface area contributed by atoms with E-state index in [2.05, 4.69) is 10.5 Å². The Bertz CT molecular complexity index is 319. The van der Waals surface area contributed by atoms with Gasteiger partial charge in [0.2, 0.25) is 0 Å². The number of hydrogen-bond donors (Lipinski definition) is 2. The molecule has 14 heavy (non-hydrogen) atoms. The summed E-state index contributed by atoms with van der Waals surface area (Å²) in [6.45, 7) is 1.78. The summed E-state index contributed by atoms with van der Waals surface area (Å²) in [5, 5.41) is 3.70. The molecule has 0 heterocycles. The number of nitrogens with two attached hydrogens (primary N) is 1. The first-order chi connectivity index (χ1) is 6.70. The fraction of sp³-hybridized carbons (Fsp3) is 0.200.